The molecule has 2 heterocycles. The number of ether oxygens (including phenoxy) is 2. The molecule has 0 saturated carbocycles. The first-order valence-corrected chi connectivity index (χ1v) is 6.05. The van der Waals surface area contributed by atoms with E-state index in [1.54, 1.807) is 7.05 Å². The fourth-order valence-electron chi connectivity index (χ4n) is 2.33. The van der Waals surface area contributed by atoms with E-state index in [1.165, 1.54) is 18.0 Å². The number of nitrogens with zero attached hydrogens (tertiary/aromatic N) is 2. The minimum absolute atomic E-state index is 0.104. The highest BCUT2D eigenvalue weighted by Gasteiger charge is 2.33. The van der Waals surface area contributed by atoms with Crippen LogP contribution in [0.2, 0.25) is 0 Å². The molecule has 0 aliphatic carbocycles. The minimum atomic E-state index is -0.498. The van der Waals surface area contributed by atoms with E-state index in [9.17, 15) is 4.79 Å². The van der Waals surface area contributed by atoms with Crippen LogP contribution >= 0.6 is 0 Å². The van der Waals surface area contributed by atoms with Gasteiger partial charge in [0.05, 0.1) is 13.3 Å². The van der Waals surface area contributed by atoms with Crippen LogP contribution in [-0.2, 0) is 13.5 Å². The average Bonchev–Trinajstić information content (AvgIpc) is 3.01. The average molecular weight is 258 g/mol. The first-order chi connectivity index (χ1) is 9.20. The first-order valence-electron chi connectivity index (χ1n) is 6.05. The van der Waals surface area contributed by atoms with Gasteiger partial charge in [-0.1, -0.05) is 18.2 Å². The standard InChI is InChI=1S/C14H14N2O3/c1-16-13(12(18-2)8-15-16)14(17)11-7-9-5-3-4-6-10(9)19-11/h3-6,8,11H,7H2,1-2H3. The summed E-state index contributed by atoms with van der Waals surface area (Å²) >= 11 is 0. The summed E-state index contributed by atoms with van der Waals surface area (Å²) < 4.78 is 12.4. The second kappa shape index (κ2) is 4.42. The maximum absolute atomic E-state index is 12.5. The van der Waals surface area contributed by atoms with Crippen molar-refractivity contribution in [2.45, 2.75) is 12.5 Å². The largest absolute Gasteiger partial charge is 0.493 e. The third-order valence-electron chi connectivity index (χ3n) is 3.30. The van der Waals surface area contributed by atoms with E-state index in [1.807, 2.05) is 24.3 Å². The topological polar surface area (TPSA) is 53.4 Å². The molecule has 0 amide bonds. The number of hydrogen-bond acceptors (Lipinski definition) is 4. The summed E-state index contributed by atoms with van der Waals surface area (Å²) in [4.78, 5) is 12.5. The van der Waals surface area contributed by atoms with Crippen LogP contribution in [-0.4, -0.2) is 28.8 Å². The Labute approximate surface area is 110 Å². The fourth-order valence-corrected chi connectivity index (χ4v) is 2.33. The number of methoxy groups -OCH3 is 1. The summed E-state index contributed by atoms with van der Waals surface area (Å²) in [5.41, 5.74) is 1.50. The number of carbonyl (C=O) groups is 1. The lowest BCUT2D eigenvalue weighted by molar-refractivity contribution is 0.0811. The fraction of sp³-hybridized carbons (Fsp3) is 0.286. The van der Waals surface area contributed by atoms with Crippen LogP contribution < -0.4 is 9.47 Å². The molecule has 1 atom stereocenters. The molecule has 0 saturated heterocycles. The molecule has 3 rings (SSSR count). The molecule has 0 radical (unpaired) electrons. The van der Waals surface area contributed by atoms with Crippen LogP contribution in [0.25, 0.3) is 0 Å². The zero-order valence-corrected chi connectivity index (χ0v) is 10.8. The van der Waals surface area contributed by atoms with Crippen molar-refractivity contribution in [1.82, 2.24) is 9.78 Å². The summed E-state index contributed by atoms with van der Waals surface area (Å²) in [6.45, 7) is 0. The molecule has 19 heavy (non-hydrogen) atoms. The molecule has 0 fully saturated rings. The Morgan fingerprint density at radius 1 is 1.47 bits per heavy atom. The highest BCUT2D eigenvalue weighted by Crippen LogP contribution is 2.31. The molecule has 2 aromatic rings. The number of rotatable bonds is 3. The number of hydrogen-bond donors (Lipinski definition) is 0. The molecule has 1 unspecified atom stereocenters. The Balaban J connectivity index is 1.89. The van der Waals surface area contributed by atoms with E-state index in [2.05, 4.69) is 5.10 Å². The lowest BCUT2D eigenvalue weighted by Gasteiger charge is -2.10. The predicted molar refractivity (Wildman–Crippen MR) is 68.7 cm³/mol. The van der Waals surface area contributed by atoms with Gasteiger partial charge in [0.25, 0.3) is 0 Å². The van der Waals surface area contributed by atoms with E-state index >= 15 is 0 Å². The summed E-state index contributed by atoms with van der Waals surface area (Å²) in [7, 11) is 3.25. The lowest BCUT2D eigenvalue weighted by atomic mass is 10.1. The van der Waals surface area contributed by atoms with Crippen molar-refractivity contribution in [2.24, 2.45) is 7.05 Å². The molecular formula is C14H14N2O3. The summed E-state index contributed by atoms with van der Waals surface area (Å²) in [5, 5.41) is 4.04. The van der Waals surface area contributed by atoms with Gasteiger partial charge < -0.3 is 9.47 Å². The van der Waals surface area contributed by atoms with Gasteiger partial charge in [0.1, 0.15) is 11.4 Å². The van der Waals surface area contributed by atoms with Crippen molar-refractivity contribution < 1.29 is 14.3 Å². The van der Waals surface area contributed by atoms with Crippen LogP contribution in [0, 0.1) is 0 Å². The van der Waals surface area contributed by atoms with Gasteiger partial charge in [-0.05, 0) is 11.6 Å². The van der Waals surface area contributed by atoms with Crippen molar-refractivity contribution >= 4 is 5.78 Å². The SMILES string of the molecule is COc1cnn(C)c1C(=O)C1Cc2ccccc2O1. The number of Topliss-reactive ketones (excluding diaryl/α,β-unsaturated/α-hetero) is 1. The number of para-hydroxylation sites is 1. The van der Waals surface area contributed by atoms with Gasteiger partial charge in [-0.3, -0.25) is 9.48 Å². The maximum Gasteiger partial charge on any atom is 0.225 e. The summed E-state index contributed by atoms with van der Waals surface area (Å²) in [6, 6.07) is 7.70. The third kappa shape index (κ3) is 1.87. The monoisotopic (exact) mass is 258 g/mol. The Morgan fingerprint density at radius 2 is 2.26 bits per heavy atom. The molecule has 0 N–H and O–H groups in total. The van der Waals surface area contributed by atoms with E-state index in [0.717, 1.165) is 11.3 Å². The number of carbonyl (C=O) groups excluding carboxylic acids is 1. The first kappa shape index (κ1) is 11.8. The van der Waals surface area contributed by atoms with Gasteiger partial charge in [0.15, 0.2) is 11.9 Å². The van der Waals surface area contributed by atoms with Crippen LogP contribution in [0.3, 0.4) is 0 Å². The molecular weight excluding hydrogens is 244 g/mol. The number of aryl methyl sites for hydroxylation is 1. The van der Waals surface area contributed by atoms with Crippen molar-refractivity contribution in [3.63, 3.8) is 0 Å². The van der Waals surface area contributed by atoms with Gasteiger partial charge in [-0.25, -0.2) is 0 Å². The summed E-state index contributed by atoms with van der Waals surface area (Å²) in [5.74, 6) is 1.15. The van der Waals surface area contributed by atoms with Gasteiger partial charge in [0.2, 0.25) is 5.78 Å². The smallest absolute Gasteiger partial charge is 0.225 e. The molecule has 0 spiro atoms. The third-order valence-corrected chi connectivity index (χ3v) is 3.30. The number of fused-ring (bicyclic) bond motifs is 1. The number of ketones is 1. The molecule has 1 aliphatic heterocycles. The van der Waals surface area contributed by atoms with Crippen LogP contribution in [0.1, 0.15) is 16.1 Å². The molecule has 5 heteroatoms. The van der Waals surface area contributed by atoms with E-state index < -0.39 is 6.10 Å². The number of benzene rings is 1. The molecule has 1 aliphatic rings. The van der Waals surface area contributed by atoms with Gasteiger partial charge in [0, 0.05) is 13.5 Å². The Hall–Kier alpha value is -2.30. The molecule has 0 bridgehead atoms. The van der Waals surface area contributed by atoms with Gasteiger partial charge in [-0.15, -0.1) is 0 Å². The maximum atomic E-state index is 12.5. The highest BCUT2D eigenvalue weighted by atomic mass is 16.5. The van der Waals surface area contributed by atoms with Crippen molar-refractivity contribution in [2.75, 3.05) is 7.11 Å². The van der Waals surface area contributed by atoms with E-state index in [-0.39, 0.29) is 5.78 Å². The van der Waals surface area contributed by atoms with Crippen LogP contribution in [0.15, 0.2) is 30.5 Å². The molecule has 1 aromatic carbocycles. The second-order valence-corrected chi connectivity index (χ2v) is 4.47. The lowest BCUT2D eigenvalue weighted by Crippen LogP contribution is -2.27. The number of aromatic nitrogens is 2. The van der Waals surface area contributed by atoms with Crippen molar-refractivity contribution in [3.8, 4) is 11.5 Å². The van der Waals surface area contributed by atoms with E-state index in [0.29, 0.717) is 17.9 Å². The quantitative estimate of drug-likeness (QED) is 0.785. The van der Waals surface area contributed by atoms with E-state index in [4.69, 9.17) is 9.47 Å². The Bertz CT molecular complexity index is 608. The predicted octanol–water partition coefficient (Wildman–Crippen LogP) is 1.62. The van der Waals surface area contributed by atoms with Gasteiger partial charge >= 0.3 is 0 Å². The Kier molecular flexibility index (Phi) is 2.74. The minimum Gasteiger partial charge on any atom is -0.493 e. The van der Waals surface area contributed by atoms with Crippen molar-refractivity contribution in [3.05, 3.63) is 41.7 Å². The Morgan fingerprint density at radius 3 is 3.00 bits per heavy atom. The summed E-state index contributed by atoms with van der Waals surface area (Å²) in [6.07, 6.45) is 1.63. The molecule has 1 aromatic heterocycles. The second-order valence-electron chi connectivity index (χ2n) is 4.47. The zero-order valence-electron chi connectivity index (χ0n) is 10.8. The zero-order chi connectivity index (χ0) is 13.4. The van der Waals surface area contributed by atoms with Gasteiger partial charge in [-0.2, -0.15) is 5.10 Å². The van der Waals surface area contributed by atoms with Crippen molar-refractivity contribution in [1.29, 1.82) is 0 Å². The molecule has 98 valence electrons. The normalized spacial score (nSPS) is 16.8. The molecule has 5 nitrogen and oxygen atoms in total. The van der Waals surface area contributed by atoms with Crippen LogP contribution in [0.4, 0.5) is 0 Å². The van der Waals surface area contributed by atoms with Crippen LogP contribution in [0.5, 0.6) is 11.5 Å². The highest BCUT2D eigenvalue weighted by molar-refractivity contribution is 6.01.